The molecule has 0 spiro atoms. The second-order valence-corrected chi connectivity index (χ2v) is 6.17. The van der Waals surface area contributed by atoms with Gasteiger partial charge in [0.15, 0.2) is 3.93 Å². The molecule has 0 aliphatic rings. The fourth-order valence-electron chi connectivity index (χ4n) is 0.579. The Morgan fingerprint density at radius 2 is 1.73 bits per heavy atom. The van der Waals surface area contributed by atoms with E-state index in [1.807, 2.05) is 13.0 Å². The smallest absolute Gasteiger partial charge is 0.419 e. The fourth-order valence-corrected chi connectivity index (χ4v) is 1.94. The van der Waals surface area contributed by atoms with Gasteiger partial charge in [0.25, 0.3) is 0 Å². The van der Waals surface area contributed by atoms with E-state index in [2.05, 4.69) is 34.1 Å². The van der Waals surface area contributed by atoms with E-state index in [1.165, 1.54) is 3.57 Å². The molecule has 1 aromatic rings. The molecule has 0 fully saturated rings. The van der Waals surface area contributed by atoms with Gasteiger partial charge in [-0.05, 0) is 12.1 Å². The van der Waals surface area contributed by atoms with Crippen molar-refractivity contribution in [3.63, 3.8) is 0 Å². The minimum atomic E-state index is -3.92. The zero-order valence-electron chi connectivity index (χ0n) is 8.40. The van der Waals surface area contributed by atoms with Crippen LogP contribution in [0.4, 0.5) is 0 Å². The third-order valence-corrected chi connectivity index (χ3v) is 3.14. The zero-order valence-corrected chi connectivity index (χ0v) is 11.4. The van der Waals surface area contributed by atoms with Gasteiger partial charge in [-0.3, -0.25) is 0 Å². The number of rotatable bonds is 1. The van der Waals surface area contributed by atoms with Gasteiger partial charge in [-0.2, -0.15) is 0 Å². The van der Waals surface area contributed by atoms with Crippen molar-refractivity contribution in [2.24, 2.45) is 0 Å². The van der Waals surface area contributed by atoms with Gasteiger partial charge in [0.05, 0.1) is 10.1 Å². The summed E-state index contributed by atoms with van der Waals surface area (Å²) in [5.41, 5.74) is 0. The maximum absolute atomic E-state index is 9.08. The molecule has 0 atom stereocenters. The monoisotopic (exact) mass is 338 g/mol. The minimum Gasteiger partial charge on any atom is -0.748 e. The Hall–Kier alpha value is -0.580. The summed E-state index contributed by atoms with van der Waals surface area (Å²) < 4.78 is 31.8. The van der Waals surface area contributed by atoms with Crippen LogP contribution in [0.15, 0.2) is 30.3 Å². The molecule has 0 saturated heterocycles. The van der Waals surface area contributed by atoms with Crippen LogP contribution >= 0.6 is 0 Å². The van der Waals surface area contributed by atoms with E-state index in [-0.39, 0.29) is 21.2 Å². The molecule has 0 heterocycles. The van der Waals surface area contributed by atoms with Gasteiger partial charge >= 0.3 is 21.2 Å². The number of hydrogen-bond donors (Lipinski definition) is 0. The summed E-state index contributed by atoms with van der Waals surface area (Å²) >= 11 is -0.0344. The van der Waals surface area contributed by atoms with Gasteiger partial charge in [0.2, 0.25) is 3.57 Å². The molecule has 0 radical (unpaired) electrons. The highest BCUT2D eigenvalue weighted by Crippen LogP contribution is 1.81. The molecule has 0 aromatic heterocycles. The van der Waals surface area contributed by atoms with Crippen molar-refractivity contribution in [1.82, 2.24) is 0 Å². The second-order valence-electron chi connectivity index (χ2n) is 2.44. The Kier molecular flexibility index (Phi) is 7.38. The highest BCUT2D eigenvalue weighted by atomic mass is 127. The largest absolute Gasteiger partial charge is 0.748 e. The van der Waals surface area contributed by atoms with Crippen LogP contribution in [-0.2, 0) is 10.1 Å². The zero-order chi connectivity index (χ0) is 11.7. The lowest BCUT2D eigenvalue weighted by molar-refractivity contribution is -0.535. The molecule has 82 valence electrons. The van der Waals surface area contributed by atoms with Crippen molar-refractivity contribution in [2.45, 2.75) is 6.92 Å². The van der Waals surface area contributed by atoms with Gasteiger partial charge in [0.1, 0.15) is 0 Å². The van der Waals surface area contributed by atoms with Crippen LogP contribution in [-0.4, -0.2) is 19.2 Å². The molecule has 0 bridgehead atoms. The molecular weight excluding hydrogens is 327 g/mol. The van der Waals surface area contributed by atoms with Crippen LogP contribution < -0.4 is 21.2 Å². The molecule has 1 rings (SSSR count). The lowest BCUT2D eigenvalue weighted by Gasteiger charge is -1.90. The Morgan fingerprint density at radius 3 is 2.13 bits per heavy atom. The molecule has 3 nitrogen and oxygen atoms in total. The lowest BCUT2D eigenvalue weighted by Crippen LogP contribution is -3.59. The van der Waals surface area contributed by atoms with Crippen molar-refractivity contribution in [3.8, 4) is 9.85 Å². The third kappa shape index (κ3) is 13.4. The molecule has 0 saturated carbocycles. The first-order chi connectivity index (χ1) is 6.93. The highest BCUT2D eigenvalue weighted by Gasteiger charge is 2.04. The van der Waals surface area contributed by atoms with Crippen LogP contribution in [0.2, 0.25) is 0 Å². The van der Waals surface area contributed by atoms with Crippen LogP contribution in [0, 0.1) is 13.4 Å². The summed E-state index contributed by atoms with van der Waals surface area (Å²) in [7, 11) is -3.92. The molecule has 0 N–H and O–H groups in total. The highest BCUT2D eigenvalue weighted by molar-refractivity contribution is 7.84. The van der Waals surface area contributed by atoms with Crippen LogP contribution in [0.1, 0.15) is 6.92 Å². The Balaban J connectivity index is 0.000000336. The van der Waals surface area contributed by atoms with Crippen molar-refractivity contribution >= 4 is 10.1 Å². The van der Waals surface area contributed by atoms with E-state index in [1.54, 1.807) is 0 Å². The maximum atomic E-state index is 9.08. The maximum Gasteiger partial charge on any atom is 0.419 e. The summed E-state index contributed by atoms with van der Waals surface area (Å²) in [6.07, 6.45) is 0.604. The first-order valence-electron chi connectivity index (χ1n) is 3.95. The van der Waals surface area contributed by atoms with Gasteiger partial charge in [-0.1, -0.05) is 24.1 Å². The van der Waals surface area contributed by atoms with Crippen molar-refractivity contribution in [1.29, 1.82) is 0 Å². The predicted octanol–water partition coefficient (Wildman–Crippen LogP) is -1.91. The first-order valence-corrected chi connectivity index (χ1v) is 7.92. The first kappa shape index (κ1) is 14.4. The quantitative estimate of drug-likeness (QED) is 0.341. The molecule has 0 unspecified atom stereocenters. The second kappa shape index (κ2) is 7.68. The molecule has 5 heteroatoms. The van der Waals surface area contributed by atoms with E-state index in [0.717, 1.165) is 0 Å². The van der Waals surface area contributed by atoms with Gasteiger partial charge in [-0.25, -0.2) is 8.42 Å². The van der Waals surface area contributed by atoms with E-state index in [0.29, 0.717) is 6.26 Å². The topological polar surface area (TPSA) is 57.2 Å². The number of hydrogen-bond acceptors (Lipinski definition) is 3. The summed E-state index contributed by atoms with van der Waals surface area (Å²) in [5.74, 6) is 2.92. The van der Waals surface area contributed by atoms with Crippen molar-refractivity contribution < 1.29 is 34.2 Å². The van der Waals surface area contributed by atoms with E-state index in [4.69, 9.17) is 13.0 Å². The van der Waals surface area contributed by atoms with Gasteiger partial charge in [0, 0.05) is 13.2 Å². The Labute approximate surface area is 101 Å². The number of benzene rings is 1. The average Bonchev–Trinajstić information content (AvgIpc) is 2.14. The fraction of sp³-hybridized carbons (Fsp3) is 0.200. The van der Waals surface area contributed by atoms with Crippen LogP contribution in [0.3, 0.4) is 0 Å². The lowest BCUT2D eigenvalue weighted by atomic mass is 10.4. The predicted molar refractivity (Wildman–Crippen MR) is 54.2 cm³/mol. The van der Waals surface area contributed by atoms with Crippen molar-refractivity contribution in [3.05, 3.63) is 33.9 Å². The minimum absolute atomic E-state index is 0.0344. The van der Waals surface area contributed by atoms with Gasteiger partial charge < -0.3 is 4.55 Å². The molecule has 1 aromatic carbocycles. The SMILES string of the molecule is CC#C[I+]c1ccccc1.CS(=O)(=O)[O-]. The molecule has 15 heavy (non-hydrogen) atoms. The summed E-state index contributed by atoms with van der Waals surface area (Å²) in [4.78, 5) is 0. The summed E-state index contributed by atoms with van der Waals surface area (Å²) in [5, 5.41) is 0. The molecular formula is C10H11IO3S. The van der Waals surface area contributed by atoms with Gasteiger partial charge in [-0.15, -0.1) is 0 Å². The Morgan fingerprint density at radius 1 is 1.27 bits per heavy atom. The Bertz CT molecular complexity index is 421. The van der Waals surface area contributed by atoms with E-state index < -0.39 is 10.1 Å². The third-order valence-electron chi connectivity index (χ3n) is 0.984. The average molecular weight is 338 g/mol. The molecule has 0 amide bonds. The summed E-state index contributed by atoms with van der Waals surface area (Å²) in [6.45, 7) is 1.89. The van der Waals surface area contributed by atoms with E-state index in [9.17, 15) is 0 Å². The van der Waals surface area contributed by atoms with Crippen LogP contribution in [0.5, 0.6) is 0 Å². The van der Waals surface area contributed by atoms with E-state index >= 15 is 0 Å². The normalized spacial score (nSPS) is 9.27. The summed E-state index contributed by atoms with van der Waals surface area (Å²) in [6, 6.07) is 10.4. The molecule has 0 aliphatic carbocycles. The standard InChI is InChI=1S/C9H8I.CH4O3S/c1-2-8-10-9-6-4-3-5-7-9;1-5(2,3)4/h3-7H,1H3;1H3,(H,2,3,4)/q+1;/p-1. The number of halogens is 1. The van der Waals surface area contributed by atoms with Crippen LogP contribution in [0.25, 0.3) is 0 Å². The van der Waals surface area contributed by atoms with Crippen molar-refractivity contribution in [2.75, 3.05) is 6.26 Å². The molecule has 0 aliphatic heterocycles.